The summed E-state index contributed by atoms with van der Waals surface area (Å²) in [6.45, 7) is 1.10. The highest BCUT2D eigenvalue weighted by atomic mass is 79.9. The third-order valence-electron chi connectivity index (χ3n) is 5.99. The van der Waals surface area contributed by atoms with E-state index in [1.165, 1.54) is 23.8 Å². The Morgan fingerprint density at radius 3 is 3.03 bits per heavy atom. The number of pyridine rings is 1. The third-order valence-corrected chi connectivity index (χ3v) is 7.90. The molecule has 0 spiro atoms. The zero-order valence-corrected chi connectivity index (χ0v) is 20.9. The van der Waals surface area contributed by atoms with Crippen LogP contribution in [0.2, 0.25) is 0 Å². The highest BCUT2D eigenvalue weighted by Gasteiger charge is 2.54. The summed E-state index contributed by atoms with van der Waals surface area (Å²) >= 11 is 3.34. The van der Waals surface area contributed by atoms with Gasteiger partial charge in [-0.05, 0) is 35.0 Å². The molecule has 0 saturated carbocycles. The average molecular weight is 572 g/mol. The van der Waals surface area contributed by atoms with Gasteiger partial charge in [0, 0.05) is 35.0 Å². The minimum atomic E-state index is -4.00. The number of nitrogens with one attached hydrogen (secondary N) is 1. The second-order valence-electron chi connectivity index (χ2n) is 8.50. The monoisotopic (exact) mass is 571 g/mol. The number of rotatable bonds is 5. The second-order valence-corrected chi connectivity index (χ2v) is 11.0. The number of aliphatic hydroxyl groups excluding tert-OH is 1. The summed E-state index contributed by atoms with van der Waals surface area (Å²) in [5.41, 5.74) is 4.27. The van der Waals surface area contributed by atoms with Gasteiger partial charge in [-0.15, -0.1) is 0 Å². The molecule has 3 aromatic rings. The molecule has 0 aliphatic carbocycles. The van der Waals surface area contributed by atoms with E-state index in [2.05, 4.69) is 30.9 Å². The van der Waals surface area contributed by atoms with Gasteiger partial charge in [0.2, 0.25) is 5.95 Å². The van der Waals surface area contributed by atoms with Gasteiger partial charge in [0.05, 0.1) is 24.7 Å². The lowest BCUT2D eigenvalue weighted by Crippen LogP contribution is -2.44. The number of anilines is 1. The van der Waals surface area contributed by atoms with E-state index < -0.39 is 50.1 Å². The van der Waals surface area contributed by atoms with Crippen molar-refractivity contribution in [2.45, 2.75) is 43.5 Å². The summed E-state index contributed by atoms with van der Waals surface area (Å²) in [5, 5.41) is 22.0. The summed E-state index contributed by atoms with van der Waals surface area (Å²) in [5.74, 6) is -0.111. The van der Waals surface area contributed by atoms with Gasteiger partial charge in [0.25, 0.3) is 5.56 Å². The first kappa shape index (κ1) is 24.5. The molecular formula is C20H23BrN5O8P. The van der Waals surface area contributed by atoms with Gasteiger partial charge in [-0.1, -0.05) is 0 Å². The van der Waals surface area contributed by atoms with Crippen LogP contribution in [0.3, 0.4) is 0 Å². The van der Waals surface area contributed by atoms with Crippen molar-refractivity contribution in [2.75, 3.05) is 18.9 Å². The Hall–Kier alpha value is -2.16. The molecule has 35 heavy (non-hydrogen) atoms. The maximum Gasteiger partial charge on any atom is 0.475 e. The fraction of sp³-hybridized carbons (Fsp3) is 0.450. The predicted octanol–water partition coefficient (Wildman–Crippen LogP) is 1.78. The molecule has 2 saturated heterocycles. The minimum absolute atomic E-state index is 0.111. The molecule has 5 heterocycles. The number of nitrogens with zero attached hydrogens (tertiary/aromatic N) is 3. The van der Waals surface area contributed by atoms with E-state index in [4.69, 9.17) is 24.0 Å². The van der Waals surface area contributed by atoms with Gasteiger partial charge in [0.1, 0.15) is 17.8 Å². The zero-order chi connectivity index (χ0) is 25.0. The van der Waals surface area contributed by atoms with Crippen LogP contribution in [-0.4, -0.2) is 60.8 Å². The quantitative estimate of drug-likeness (QED) is 0.327. The lowest BCUT2D eigenvalue weighted by Gasteiger charge is -2.30. The molecular weight excluding hydrogens is 549 g/mol. The average Bonchev–Trinajstić information content (AvgIpc) is 3.31. The standard InChI is InChI=1S/C20H23BrN5O8P/c1-20(29)15(27)14(33-18(20)26-4-2-12-16(26)24-19(22)25-17(12)28)9-32-35(30)31-5-3-13(34-35)10-6-11(21)8-23-7-10/h2,4,6-8,13-15,18,27,29H,3,5,9H2,1H3,(H3,22,24,25,28)/t13-,14+,15+,18+,20+,35+/m0/s1. The summed E-state index contributed by atoms with van der Waals surface area (Å²) < 4.78 is 37.5. The fourth-order valence-electron chi connectivity index (χ4n) is 4.20. The molecule has 2 aliphatic heterocycles. The number of halogens is 1. The van der Waals surface area contributed by atoms with Gasteiger partial charge in [-0.25, -0.2) is 4.57 Å². The third kappa shape index (κ3) is 4.56. The van der Waals surface area contributed by atoms with Crippen molar-refractivity contribution in [3.05, 3.63) is 51.1 Å². The first-order chi connectivity index (χ1) is 16.6. The number of H-pyrrole nitrogens is 1. The molecule has 0 unspecified atom stereocenters. The van der Waals surface area contributed by atoms with E-state index in [1.807, 2.05) is 0 Å². The number of hydrogen-bond donors (Lipinski definition) is 4. The van der Waals surface area contributed by atoms with Crippen molar-refractivity contribution >= 4 is 40.7 Å². The Bertz CT molecular complexity index is 1360. The smallest absolute Gasteiger partial charge is 0.387 e. The van der Waals surface area contributed by atoms with Gasteiger partial charge in [-0.2, -0.15) is 4.98 Å². The van der Waals surface area contributed by atoms with Crippen molar-refractivity contribution in [1.82, 2.24) is 19.5 Å². The highest BCUT2D eigenvalue weighted by Crippen LogP contribution is 2.57. The van der Waals surface area contributed by atoms with Crippen LogP contribution < -0.4 is 11.3 Å². The number of aliphatic hydroxyl groups is 2. The molecule has 0 bridgehead atoms. The Morgan fingerprint density at radius 1 is 1.46 bits per heavy atom. The van der Waals surface area contributed by atoms with Crippen LogP contribution in [0.15, 0.2) is 40.0 Å². The van der Waals surface area contributed by atoms with E-state index in [-0.39, 0.29) is 23.6 Å². The van der Waals surface area contributed by atoms with Crippen molar-refractivity contribution in [3.63, 3.8) is 0 Å². The number of ether oxygens (including phenoxy) is 1. The first-order valence-electron chi connectivity index (χ1n) is 10.7. The Balaban J connectivity index is 1.33. The van der Waals surface area contributed by atoms with Gasteiger partial charge in [0.15, 0.2) is 11.9 Å². The van der Waals surface area contributed by atoms with Crippen molar-refractivity contribution in [1.29, 1.82) is 0 Å². The Morgan fingerprint density at radius 2 is 2.26 bits per heavy atom. The van der Waals surface area contributed by atoms with Crippen LogP contribution in [-0.2, 0) is 22.9 Å². The molecule has 188 valence electrons. The topological polar surface area (TPSA) is 184 Å². The van der Waals surface area contributed by atoms with Crippen LogP contribution >= 0.6 is 23.8 Å². The predicted molar refractivity (Wildman–Crippen MR) is 125 cm³/mol. The largest absolute Gasteiger partial charge is 0.475 e. The molecule has 13 nitrogen and oxygen atoms in total. The number of nitrogens with two attached hydrogens (primary N) is 1. The molecule has 5 N–H and O–H groups in total. The molecule has 5 rings (SSSR count). The lowest BCUT2D eigenvalue weighted by atomic mass is 9.96. The number of phosphoric ester groups is 1. The van der Waals surface area contributed by atoms with Crippen LogP contribution in [0.25, 0.3) is 11.0 Å². The number of aromatic nitrogens is 4. The van der Waals surface area contributed by atoms with E-state index in [9.17, 15) is 19.6 Å². The summed E-state index contributed by atoms with van der Waals surface area (Å²) in [6, 6.07) is 3.29. The molecule has 0 amide bonds. The molecule has 6 atom stereocenters. The molecule has 2 aliphatic rings. The summed E-state index contributed by atoms with van der Waals surface area (Å²) in [4.78, 5) is 22.8. The van der Waals surface area contributed by atoms with Gasteiger partial charge in [-0.3, -0.25) is 28.3 Å². The van der Waals surface area contributed by atoms with Crippen molar-refractivity contribution in [3.8, 4) is 0 Å². The van der Waals surface area contributed by atoms with E-state index >= 15 is 0 Å². The van der Waals surface area contributed by atoms with Gasteiger partial charge < -0.3 is 25.3 Å². The van der Waals surface area contributed by atoms with Crippen LogP contribution in [0, 0.1) is 0 Å². The highest BCUT2D eigenvalue weighted by molar-refractivity contribution is 9.10. The SMILES string of the molecule is C[C@@]1(O)[C@H](O)[C@@H](CO[P@@]2(=O)OCC[C@@H](c3cncc(Br)c3)O2)O[C@H]1n1ccc2c(=O)[nH]c(N)nc21. The van der Waals surface area contributed by atoms with Crippen LogP contribution in [0.5, 0.6) is 0 Å². The summed E-state index contributed by atoms with van der Waals surface area (Å²) in [6.07, 6.45) is 0.910. The number of fused-ring (bicyclic) bond motifs is 1. The number of nitrogen functional groups attached to an aromatic ring is 1. The normalized spacial score (nSPS) is 33.4. The first-order valence-corrected chi connectivity index (χ1v) is 12.9. The molecule has 0 aromatic carbocycles. The number of phosphoric acid groups is 1. The number of hydrogen-bond acceptors (Lipinski definition) is 11. The van der Waals surface area contributed by atoms with Crippen LogP contribution in [0.4, 0.5) is 5.95 Å². The van der Waals surface area contributed by atoms with E-state index in [0.717, 1.165) is 4.47 Å². The van der Waals surface area contributed by atoms with E-state index in [0.29, 0.717) is 12.0 Å². The maximum absolute atomic E-state index is 13.1. The van der Waals surface area contributed by atoms with Crippen LogP contribution in [0.1, 0.15) is 31.2 Å². The number of aromatic amines is 1. The Labute approximate surface area is 206 Å². The molecule has 15 heteroatoms. The lowest BCUT2D eigenvalue weighted by molar-refractivity contribution is -0.0950. The molecule has 0 radical (unpaired) electrons. The molecule has 2 fully saturated rings. The van der Waals surface area contributed by atoms with Crippen molar-refractivity contribution in [2.24, 2.45) is 0 Å². The maximum atomic E-state index is 13.1. The minimum Gasteiger partial charge on any atom is -0.387 e. The van der Waals surface area contributed by atoms with E-state index in [1.54, 1.807) is 18.5 Å². The zero-order valence-electron chi connectivity index (χ0n) is 18.4. The summed E-state index contributed by atoms with van der Waals surface area (Å²) in [7, 11) is -4.00. The molecule has 3 aromatic heterocycles. The Kier molecular flexibility index (Phi) is 6.34. The van der Waals surface area contributed by atoms with Gasteiger partial charge >= 0.3 is 7.82 Å². The van der Waals surface area contributed by atoms with Crippen molar-refractivity contribution < 1.29 is 33.1 Å². The second kappa shape index (κ2) is 9.05. The fourth-order valence-corrected chi connectivity index (χ4v) is 5.98.